The molecule has 1 aromatic carbocycles. The number of anilines is 1. The number of para-hydroxylation sites is 1. The van der Waals surface area contributed by atoms with Crippen LogP contribution in [0.2, 0.25) is 0 Å². The van der Waals surface area contributed by atoms with Gasteiger partial charge in [-0.15, -0.1) is 0 Å². The summed E-state index contributed by atoms with van der Waals surface area (Å²) in [5, 5.41) is 3.28. The number of benzene rings is 1. The van der Waals surface area contributed by atoms with Crippen LogP contribution in [0.4, 0.5) is 5.69 Å². The zero-order valence-electron chi connectivity index (χ0n) is 11.9. The quantitative estimate of drug-likeness (QED) is 0.926. The lowest BCUT2D eigenvalue weighted by molar-refractivity contribution is 0.550. The molecule has 1 N–H and O–H groups in total. The van der Waals surface area contributed by atoms with Crippen LogP contribution in [0.1, 0.15) is 31.7 Å². The van der Waals surface area contributed by atoms with Gasteiger partial charge >= 0.3 is 0 Å². The Hall–Kier alpha value is -1.07. The number of aryl methyl sites for hydroxylation is 1. The van der Waals surface area contributed by atoms with E-state index in [0.717, 1.165) is 43.5 Å². The molecule has 0 aliphatic carbocycles. The van der Waals surface area contributed by atoms with Crippen molar-refractivity contribution in [2.24, 2.45) is 0 Å². The molecule has 1 aromatic rings. The summed E-state index contributed by atoms with van der Waals surface area (Å²) >= 11 is 0. The Bertz CT molecular complexity index is 579. The fraction of sp³-hybridized carbons (Fsp3) is 0.600. The van der Waals surface area contributed by atoms with Gasteiger partial charge in [-0.2, -0.15) is 0 Å². The van der Waals surface area contributed by atoms with Gasteiger partial charge in [0, 0.05) is 12.1 Å². The molecule has 0 amide bonds. The molecule has 2 unspecified atom stereocenters. The molecule has 2 aliphatic heterocycles. The van der Waals surface area contributed by atoms with E-state index < -0.39 is 10.0 Å². The second-order valence-electron chi connectivity index (χ2n) is 5.88. The Morgan fingerprint density at radius 2 is 2.10 bits per heavy atom. The highest BCUT2D eigenvalue weighted by molar-refractivity contribution is 7.92. The molecule has 1 fully saturated rings. The summed E-state index contributed by atoms with van der Waals surface area (Å²) in [4.78, 5) is 0. The Balaban J connectivity index is 1.91. The molecule has 1 saturated heterocycles. The molecule has 2 aliphatic rings. The first-order valence-corrected chi connectivity index (χ1v) is 9.02. The average molecular weight is 294 g/mol. The molecule has 0 bridgehead atoms. The highest BCUT2D eigenvalue weighted by Gasteiger charge is 2.34. The lowest BCUT2D eigenvalue weighted by Crippen LogP contribution is -2.46. The highest BCUT2D eigenvalue weighted by Crippen LogP contribution is 2.33. The lowest BCUT2D eigenvalue weighted by Gasteiger charge is -2.36. The summed E-state index contributed by atoms with van der Waals surface area (Å²) < 4.78 is 27.3. The lowest BCUT2D eigenvalue weighted by atomic mass is 9.99. The zero-order chi connectivity index (χ0) is 14.2. The van der Waals surface area contributed by atoms with Gasteiger partial charge in [0.15, 0.2) is 0 Å². The van der Waals surface area contributed by atoms with Gasteiger partial charge in [-0.3, -0.25) is 4.31 Å². The second-order valence-corrected chi connectivity index (χ2v) is 7.77. The summed E-state index contributed by atoms with van der Waals surface area (Å²) in [6.07, 6.45) is 3.90. The van der Waals surface area contributed by atoms with E-state index in [1.807, 2.05) is 31.2 Å². The molecule has 2 atom stereocenters. The summed E-state index contributed by atoms with van der Waals surface area (Å²) in [5.74, 6) is 0.214. The van der Waals surface area contributed by atoms with Crippen LogP contribution < -0.4 is 9.62 Å². The minimum absolute atomic E-state index is 0.0521. The van der Waals surface area contributed by atoms with Crippen LogP contribution >= 0.6 is 0 Å². The first-order chi connectivity index (χ1) is 9.58. The third kappa shape index (κ3) is 2.56. The van der Waals surface area contributed by atoms with Crippen molar-refractivity contribution < 1.29 is 8.42 Å². The number of sulfonamides is 1. The van der Waals surface area contributed by atoms with E-state index in [0.29, 0.717) is 0 Å². The molecule has 3 rings (SSSR count). The van der Waals surface area contributed by atoms with E-state index in [1.165, 1.54) is 0 Å². The van der Waals surface area contributed by atoms with Crippen LogP contribution in [0.25, 0.3) is 0 Å². The molecule has 4 nitrogen and oxygen atoms in total. The summed E-state index contributed by atoms with van der Waals surface area (Å²) in [6, 6.07) is 8.05. The molecule has 2 heterocycles. The van der Waals surface area contributed by atoms with Crippen LogP contribution in [0, 0.1) is 0 Å². The van der Waals surface area contributed by atoms with E-state index in [2.05, 4.69) is 5.32 Å². The van der Waals surface area contributed by atoms with Crippen LogP contribution in [-0.4, -0.2) is 32.8 Å². The SMILES string of the molecule is CC1CCc2ccccc2N1S(=O)(=O)CC1CCCN1. The first kappa shape index (κ1) is 13.9. The topological polar surface area (TPSA) is 49.4 Å². The van der Waals surface area contributed by atoms with Gasteiger partial charge in [-0.1, -0.05) is 18.2 Å². The first-order valence-electron chi connectivity index (χ1n) is 7.41. The molecule has 0 spiro atoms. The van der Waals surface area contributed by atoms with E-state index in [-0.39, 0.29) is 17.8 Å². The number of nitrogens with zero attached hydrogens (tertiary/aromatic N) is 1. The largest absolute Gasteiger partial charge is 0.313 e. The molecular weight excluding hydrogens is 272 g/mol. The Kier molecular flexibility index (Phi) is 3.73. The number of nitrogens with one attached hydrogen (secondary N) is 1. The predicted octanol–water partition coefficient (Wildman–Crippen LogP) is 1.91. The zero-order valence-corrected chi connectivity index (χ0v) is 12.7. The van der Waals surface area contributed by atoms with Crippen molar-refractivity contribution in [1.29, 1.82) is 0 Å². The third-order valence-corrected chi connectivity index (χ3v) is 6.31. The Morgan fingerprint density at radius 1 is 1.30 bits per heavy atom. The van der Waals surface area contributed by atoms with Crippen LogP contribution in [0.5, 0.6) is 0 Å². The van der Waals surface area contributed by atoms with Crippen LogP contribution in [0.15, 0.2) is 24.3 Å². The normalized spacial score (nSPS) is 26.6. The summed E-state index contributed by atoms with van der Waals surface area (Å²) in [7, 11) is -3.26. The molecule has 5 heteroatoms. The average Bonchev–Trinajstić information content (AvgIpc) is 2.90. The Labute approximate surface area is 121 Å². The maximum atomic E-state index is 12.8. The van der Waals surface area contributed by atoms with Gasteiger partial charge in [0.05, 0.1) is 11.4 Å². The Morgan fingerprint density at radius 3 is 2.85 bits per heavy atom. The summed E-state index contributed by atoms with van der Waals surface area (Å²) in [5.41, 5.74) is 2.03. The molecule has 0 saturated carbocycles. The van der Waals surface area contributed by atoms with Crippen molar-refractivity contribution >= 4 is 15.7 Å². The van der Waals surface area contributed by atoms with Crippen molar-refractivity contribution in [3.63, 3.8) is 0 Å². The minimum Gasteiger partial charge on any atom is -0.313 e. The second kappa shape index (κ2) is 5.37. The monoisotopic (exact) mass is 294 g/mol. The molecule has 110 valence electrons. The number of rotatable bonds is 3. The molecular formula is C15H22N2O2S. The minimum atomic E-state index is -3.26. The number of hydrogen-bond acceptors (Lipinski definition) is 3. The van der Waals surface area contributed by atoms with Crippen LogP contribution in [-0.2, 0) is 16.4 Å². The van der Waals surface area contributed by atoms with Gasteiger partial charge in [0.2, 0.25) is 10.0 Å². The van der Waals surface area contributed by atoms with Crippen molar-refractivity contribution in [2.75, 3.05) is 16.6 Å². The van der Waals surface area contributed by atoms with Gasteiger partial charge in [-0.05, 0) is 50.8 Å². The van der Waals surface area contributed by atoms with Gasteiger partial charge in [0.25, 0.3) is 0 Å². The van der Waals surface area contributed by atoms with E-state index >= 15 is 0 Å². The van der Waals surface area contributed by atoms with Crippen molar-refractivity contribution in [1.82, 2.24) is 5.32 Å². The van der Waals surface area contributed by atoms with E-state index in [9.17, 15) is 8.42 Å². The van der Waals surface area contributed by atoms with Crippen LogP contribution in [0.3, 0.4) is 0 Å². The fourth-order valence-corrected chi connectivity index (χ4v) is 5.40. The highest BCUT2D eigenvalue weighted by atomic mass is 32.2. The molecule has 0 radical (unpaired) electrons. The standard InChI is InChI=1S/C15H22N2O2S/c1-12-8-9-13-5-2-3-7-15(13)17(12)20(18,19)11-14-6-4-10-16-14/h2-3,5,7,12,14,16H,4,6,8-11H2,1H3. The summed E-state index contributed by atoms with van der Waals surface area (Å²) in [6.45, 7) is 2.95. The molecule has 0 aromatic heterocycles. The number of hydrogen-bond donors (Lipinski definition) is 1. The van der Waals surface area contributed by atoms with Gasteiger partial charge < -0.3 is 5.32 Å². The molecule has 20 heavy (non-hydrogen) atoms. The van der Waals surface area contributed by atoms with Gasteiger partial charge in [0.1, 0.15) is 0 Å². The van der Waals surface area contributed by atoms with E-state index in [4.69, 9.17) is 0 Å². The predicted molar refractivity (Wildman–Crippen MR) is 81.5 cm³/mol. The fourth-order valence-electron chi connectivity index (χ4n) is 3.31. The number of fused-ring (bicyclic) bond motifs is 1. The maximum absolute atomic E-state index is 12.8. The van der Waals surface area contributed by atoms with Crippen molar-refractivity contribution in [3.05, 3.63) is 29.8 Å². The third-order valence-electron chi connectivity index (χ3n) is 4.33. The maximum Gasteiger partial charge on any atom is 0.236 e. The smallest absolute Gasteiger partial charge is 0.236 e. The van der Waals surface area contributed by atoms with E-state index in [1.54, 1.807) is 4.31 Å². The van der Waals surface area contributed by atoms with Crippen molar-refractivity contribution in [3.8, 4) is 0 Å². The van der Waals surface area contributed by atoms with Crippen molar-refractivity contribution in [2.45, 2.75) is 44.7 Å². The van der Waals surface area contributed by atoms with Gasteiger partial charge in [-0.25, -0.2) is 8.42 Å².